The summed E-state index contributed by atoms with van der Waals surface area (Å²) in [5, 5.41) is 0.908. The number of nitrogens with zero attached hydrogens (tertiary/aromatic N) is 5. The maximum absolute atomic E-state index is 11.7. The number of rotatable bonds is 4. The Labute approximate surface area is 210 Å². The van der Waals surface area contributed by atoms with Gasteiger partial charge in [-0.2, -0.15) is 9.97 Å². The largest absolute Gasteiger partial charge is 0.377 e. The van der Waals surface area contributed by atoms with Gasteiger partial charge in [-0.05, 0) is 44.0 Å². The molecule has 4 heterocycles. The zero-order valence-corrected chi connectivity index (χ0v) is 20.7. The highest BCUT2D eigenvalue weighted by atomic mass is 16.5. The van der Waals surface area contributed by atoms with Crippen LogP contribution < -0.4 is 15.5 Å². The van der Waals surface area contributed by atoms with Gasteiger partial charge in [0.25, 0.3) is 0 Å². The Balaban J connectivity index is 1.45. The lowest BCUT2D eigenvalue weighted by Gasteiger charge is -2.41. The number of benzene rings is 1. The zero-order chi connectivity index (χ0) is 24.7. The fourth-order valence-electron chi connectivity index (χ4n) is 5.71. The van der Waals surface area contributed by atoms with Crippen LogP contribution in [0.25, 0.3) is 22.3 Å². The third kappa shape index (κ3) is 4.26. The lowest BCUT2D eigenvalue weighted by molar-refractivity contribution is -0.0505. The molecule has 1 atom stereocenters. The van der Waals surface area contributed by atoms with E-state index in [2.05, 4.69) is 16.7 Å². The summed E-state index contributed by atoms with van der Waals surface area (Å²) in [5.74, 6) is 1.13. The third-order valence-corrected chi connectivity index (χ3v) is 7.66. The number of hydrogen-bond donors (Lipinski definition) is 1. The van der Waals surface area contributed by atoms with Gasteiger partial charge in [0.2, 0.25) is 11.9 Å². The summed E-state index contributed by atoms with van der Waals surface area (Å²) >= 11 is 0. The number of hydrogen-bond acceptors (Lipinski definition) is 8. The van der Waals surface area contributed by atoms with E-state index in [1.54, 1.807) is 12.1 Å². The van der Waals surface area contributed by atoms with Gasteiger partial charge in [-0.25, -0.2) is 4.98 Å². The van der Waals surface area contributed by atoms with Crippen LogP contribution >= 0.6 is 0 Å². The van der Waals surface area contributed by atoms with Gasteiger partial charge in [-0.15, -0.1) is 0 Å². The SMILES string of the molecule is C[C@H]1COCCN1c1nc(N2CCOC3(CCCC3)C2)nc2nc(-c3cccc(C(N)=O)c3)ccc12. The van der Waals surface area contributed by atoms with Crippen molar-refractivity contribution in [2.45, 2.75) is 44.2 Å². The normalized spacial score (nSPS) is 21.9. The van der Waals surface area contributed by atoms with Gasteiger partial charge in [0, 0.05) is 30.8 Å². The molecule has 1 saturated carbocycles. The Bertz CT molecular complexity index is 1290. The van der Waals surface area contributed by atoms with E-state index in [9.17, 15) is 4.79 Å². The summed E-state index contributed by atoms with van der Waals surface area (Å²) in [6, 6.07) is 11.4. The molecule has 188 valence electrons. The number of primary amides is 1. The lowest BCUT2D eigenvalue weighted by Crippen LogP contribution is -2.51. The fourth-order valence-corrected chi connectivity index (χ4v) is 5.71. The number of amides is 1. The average Bonchev–Trinajstić information content (AvgIpc) is 3.35. The van der Waals surface area contributed by atoms with Crippen molar-refractivity contribution in [2.24, 2.45) is 5.73 Å². The van der Waals surface area contributed by atoms with E-state index in [1.165, 1.54) is 12.8 Å². The summed E-state index contributed by atoms with van der Waals surface area (Å²) in [6.45, 7) is 6.49. The summed E-state index contributed by atoms with van der Waals surface area (Å²) in [5.41, 5.74) is 8.08. The van der Waals surface area contributed by atoms with Gasteiger partial charge in [0.1, 0.15) is 5.82 Å². The molecule has 3 fully saturated rings. The van der Waals surface area contributed by atoms with Gasteiger partial charge in [-0.1, -0.05) is 25.0 Å². The first-order valence-electron chi connectivity index (χ1n) is 12.8. The van der Waals surface area contributed by atoms with Crippen LogP contribution in [0, 0.1) is 0 Å². The molecule has 2 N–H and O–H groups in total. The van der Waals surface area contributed by atoms with Crippen molar-refractivity contribution in [1.82, 2.24) is 15.0 Å². The molecule has 3 aromatic rings. The second-order valence-electron chi connectivity index (χ2n) is 10.1. The van der Waals surface area contributed by atoms with Crippen molar-refractivity contribution in [2.75, 3.05) is 49.3 Å². The Hall–Kier alpha value is -3.30. The monoisotopic (exact) mass is 488 g/mol. The summed E-state index contributed by atoms with van der Waals surface area (Å²) < 4.78 is 12.0. The molecule has 0 bridgehead atoms. The van der Waals surface area contributed by atoms with Crippen molar-refractivity contribution >= 4 is 28.7 Å². The van der Waals surface area contributed by atoms with Crippen molar-refractivity contribution < 1.29 is 14.3 Å². The maximum Gasteiger partial charge on any atom is 0.248 e. The fraction of sp³-hybridized carbons (Fsp3) is 0.481. The molecular weight excluding hydrogens is 456 g/mol. The van der Waals surface area contributed by atoms with Gasteiger partial charge >= 0.3 is 0 Å². The minimum absolute atomic E-state index is 0.0898. The Morgan fingerprint density at radius 3 is 2.75 bits per heavy atom. The second kappa shape index (κ2) is 9.29. The number of fused-ring (bicyclic) bond motifs is 1. The van der Waals surface area contributed by atoms with Gasteiger partial charge in [-0.3, -0.25) is 4.79 Å². The van der Waals surface area contributed by atoms with Crippen molar-refractivity contribution in [3.63, 3.8) is 0 Å². The number of morpholine rings is 2. The van der Waals surface area contributed by atoms with Crippen LogP contribution in [0.5, 0.6) is 0 Å². The van der Waals surface area contributed by atoms with Crippen LogP contribution in [0.15, 0.2) is 36.4 Å². The van der Waals surface area contributed by atoms with Crippen LogP contribution in [-0.4, -0.2) is 72.0 Å². The van der Waals surface area contributed by atoms with E-state index in [-0.39, 0.29) is 11.6 Å². The zero-order valence-electron chi connectivity index (χ0n) is 20.7. The molecule has 9 nitrogen and oxygen atoms in total. The topological polar surface area (TPSA) is 107 Å². The highest BCUT2D eigenvalue weighted by Gasteiger charge is 2.40. The summed E-state index contributed by atoms with van der Waals surface area (Å²) in [4.78, 5) is 31.3. The number of carbonyl (C=O) groups is 1. The molecule has 1 aliphatic carbocycles. The van der Waals surface area contributed by atoms with Crippen LogP contribution in [0.4, 0.5) is 11.8 Å². The lowest BCUT2D eigenvalue weighted by atomic mass is 10.00. The maximum atomic E-state index is 11.7. The van der Waals surface area contributed by atoms with E-state index in [0.717, 1.165) is 54.9 Å². The second-order valence-corrected chi connectivity index (χ2v) is 10.1. The van der Waals surface area contributed by atoms with E-state index in [0.29, 0.717) is 37.0 Å². The number of anilines is 2. The molecule has 6 rings (SSSR count). The van der Waals surface area contributed by atoms with Crippen LogP contribution in [0.2, 0.25) is 0 Å². The number of pyridine rings is 1. The molecule has 1 aromatic carbocycles. The predicted octanol–water partition coefficient (Wildman–Crippen LogP) is 3.17. The standard InChI is InChI=1S/C27H32N6O3/c1-18-16-35-13-12-33(18)25-21-7-8-22(19-5-4-6-20(15-19)23(28)34)29-24(21)30-26(31-25)32-11-14-36-27(17-32)9-2-3-10-27/h4-8,15,18H,2-3,9-14,16-17H2,1H3,(H2,28,34)/t18-/m0/s1. The van der Waals surface area contributed by atoms with E-state index in [4.69, 9.17) is 30.2 Å². The molecule has 0 unspecified atom stereocenters. The van der Waals surface area contributed by atoms with Crippen molar-refractivity contribution in [3.05, 3.63) is 42.0 Å². The first-order chi connectivity index (χ1) is 17.5. The minimum atomic E-state index is -0.459. The third-order valence-electron chi connectivity index (χ3n) is 7.66. The van der Waals surface area contributed by atoms with E-state index >= 15 is 0 Å². The van der Waals surface area contributed by atoms with Gasteiger partial charge in [0.15, 0.2) is 5.65 Å². The quantitative estimate of drug-likeness (QED) is 0.597. The molecule has 2 aromatic heterocycles. The number of aromatic nitrogens is 3. The molecule has 2 saturated heterocycles. The molecule has 2 aliphatic heterocycles. The first kappa shape index (κ1) is 23.1. The number of ether oxygens (including phenoxy) is 2. The number of nitrogens with two attached hydrogens (primary N) is 1. The molecule has 3 aliphatic rings. The molecule has 0 radical (unpaired) electrons. The molecule has 1 amide bonds. The molecule has 36 heavy (non-hydrogen) atoms. The van der Waals surface area contributed by atoms with Crippen LogP contribution in [-0.2, 0) is 9.47 Å². The first-order valence-corrected chi connectivity index (χ1v) is 12.8. The molecular formula is C27H32N6O3. The van der Waals surface area contributed by atoms with Crippen molar-refractivity contribution in [1.29, 1.82) is 0 Å². The van der Waals surface area contributed by atoms with E-state index < -0.39 is 5.91 Å². The summed E-state index contributed by atoms with van der Waals surface area (Å²) in [6.07, 6.45) is 4.59. The highest BCUT2D eigenvalue weighted by Crippen LogP contribution is 2.38. The predicted molar refractivity (Wildman–Crippen MR) is 138 cm³/mol. The highest BCUT2D eigenvalue weighted by molar-refractivity contribution is 5.94. The Morgan fingerprint density at radius 2 is 1.94 bits per heavy atom. The van der Waals surface area contributed by atoms with Crippen molar-refractivity contribution in [3.8, 4) is 11.3 Å². The molecule has 1 spiro atoms. The molecule has 9 heteroatoms. The van der Waals surface area contributed by atoms with Crippen LogP contribution in [0.1, 0.15) is 43.0 Å². The Kier molecular flexibility index (Phi) is 5.97. The Morgan fingerprint density at radius 1 is 1.08 bits per heavy atom. The smallest absolute Gasteiger partial charge is 0.248 e. The van der Waals surface area contributed by atoms with Gasteiger partial charge in [0.05, 0.1) is 42.5 Å². The van der Waals surface area contributed by atoms with Crippen LogP contribution in [0.3, 0.4) is 0 Å². The minimum Gasteiger partial charge on any atom is -0.377 e. The van der Waals surface area contributed by atoms with Gasteiger partial charge < -0.3 is 25.0 Å². The summed E-state index contributed by atoms with van der Waals surface area (Å²) in [7, 11) is 0. The number of carbonyl (C=O) groups excluding carboxylic acids is 1. The van der Waals surface area contributed by atoms with E-state index in [1.807, 2.05) is 24.3 Å². The average molecular weight is 489 g/mol.